The van der Waals surface area contributed by atoms with Crippen LogP contribution >= 0.6 is 0 Å². The van der Waals surface area contributed by atoms with Gasteiger partial charge in [0.2, 0.25) is 0 Å². The average molecular weight is 375 g/mol. The summed E-state index contributed by atoms with van der Waals surface area (Å²) >= 11 is -2.16. The summed E-state index contributed by atoms with van der Waals surface area (Å²) in [5.41, 5.74) is 0. The van der Waals surface area contributed by atoms with Gasteiger partial charge in [-0.05, 0) is 0 Å². The summed E-state index contributed by atoms with van der Waals surface area (Å²) in [4.78, 5) is 0. The van der Waals surface area contributed by atoms with E-state index >= 15 is 0 Å². The van der Waals surface area contributed by atoms with Crippen molar-refractivity contribution in [3.05, 3.63) is 10.2 Å². The number of hydrogen-bond donors (Lipinski definition) is 1. The van der Waals surface area contributed by atoms with Crippen LogP contribution < -0.4 is 0 Å². The van der Waals surface area contributed by atoms with E-state index in [2.05, 4.69) is 27.4 Å². The molecule has 0 spiro atoms. The minimum atomic E-state index is -2.16. The topological polar surface area (TPSA) is 20.2 Å². The van der Waals surface area contributed by atoms with Gasteiger partial charge in [-0.3, -0.25) is 0 Å². The van der Waals surface area contributed by atoms with E-state index in [-0.39, 0.29) is 0 Å². The molecule has 1 nitrogen and oxygen atoms in total. The van der Waals surface area contributed by atoms with Crippen LogP contribution in [-0.2, 0) is 0 Å². The average Bonchev–Trinajstić information content (AvgIpc) is 2.44. The molecule has 0 radical (unpaired) electrons. The van der Waals surface area contributed by atoms with E-state index in [9.17, 15) is 0 Å². The summed E-state index contributed by atoms with van der Waals surface area (Å²) in [5.74, 6) is 0. The molecule has 0 saturated heterocycles. The number of unbranched alkanes of at least 4 members (excludes halogenated alkanes) is 3. The normalized spacial score (nSPS) is 11.8. The first-order valence-electron chi connectivity index (χ1n) is 8.46. The van der Waals surface area contributed by atoms with E-state index < -0.39 is 18.4 Å². The van der Waals surface area contributed by atoms with Crippen molar-refractivity contribution in [3.8, 4) is 0 Å². The molecule has 0 atom stereocenters. The molecule has 0 rings (SSSR count). The Labute approximate surface area is 125 Å². The summed E-state index contributed by atoms with van der Waals surface area (Å²) in [6.45, 7) is 11.8. The summed E-state index contributed by atoms with van der Waals surface area (Å²) in [6.07, 6.45) is 10.2. The van der Waals surface area contributed by atoms with Gasteiger partial charge in [0, 0.05) is 0 Å². The van der Waals surface area contributed by atoms with Gasteiger partial charge in [-0.15, -0.1) is 0 Å². The van der Waals surface area contributed by atoms with Crippen molar-refractivity contribution < 1.29 is 5.11 Å². The second kappa shape index (κ2) is 12.3. The van der Waals surface area contributed by atoms with Crippen LogP contribution in [0, 0.1) is 0 Å². The molecule has 0 heterocycles. The van der Waals surface area contributed by atoms with Crippen LogP contribution in [0.3, 0.4) is 0 Å². The molecule has 0 aromatic carbocycles. The van der Waals surface area contributed by atoms with Gasteiger partial charge in [-0.1, -0.05) is 0 Å². The third kappa shape index (κ3) is 7.74. The van der Waals surface area contributed by atoms with Gasteiger partial charge in [0.25, 0.3) is 0 Å². The molecule has 0 unspecified atom stereocenters. The van der Waals surface area contributed by atoms with E-state index in [0.29, 0.717) is 6.61 Å². The monoisotopic (exact) mass is 376 g/mol. The molecule has 0 aromatic rings. The zero-order valence-electron chi connectivity index (χ0n) is 13.6. The van der Waals surface area contributed by atoms with Crippen molar-refractivity contribution in [2.45, 2.75) is 85.4 Å². The van der Waals surface area contributed by atoms with E-state index in [0.717, 1.165) is 12.8 Å². The number of aliphatic hydroxyl groups is 1. The molecular weight excluding hydrogens is 339 g/mol. The van der Waals surface area contributed by atoms with Crippen LogP contribution in [0.4, 0.5) is 0 Å². The summed E-state index contributed by atoms with van der Waals surface area (Å²) in [5, 5.41) is 9.09. The van der Waals surface area contributed by atoms with Crippen molar-refractivity contribution in [2.75, 3.05) is 6.61 Å². The van der Waals surface area contributed by atoms with Crippen molar-refractivity contribution >= 4 is 18.4 Å². The van der Waals surface area contributed by atoms with Crippen LogP contribution in [0.15, 0.2) is 10.2 Å². The summed E-state index contributed by atoms with van der Waals surface area (Å²) < 4.78 is 6.15. The van der Waals surface area contributed by atoms with Crippen LogP contribution in [0.25, 0.3) is 0 Å². The molecule has 19 heavy (non-hydrogen) atoms. The van der Waals surface area contributed by atoms with Gasteiger partial charge >= 0.3 is 126 Å². The maximum atomic E-state index is 9.09. The standard InChI is InChI=1S/C5H9O.3C4H9.Sn/c1-2-3-4-5-6;3*1-3-4-2;/h6H,1,3-5H2;3*1,3-4H2,2H3;. The van der Waals surface area contributed by atoms with Gasteiger partial charge < -0.3 is 0 Å². The molecule has 2 heteroatoms. The maximum absolute atomic E-state index is 9.09. The Morgan fingerprint density at radius 3 is 1.58 bits per heavy atom. The third-order valence-electron chi connectivity index (χ3n) is 4.41. The van der Waals surface area contributed by atoms with Gasteiger partial charge in [-0.2, -0.15) is 0 Å². The van der Waals surface area contributed by atoms with Gasteiger partial charge in [0.15, 0.2) is 0 Å². The molecule has 0 aromatic heterocycles. The van der Waals surface area contributed by atoms with E-state index in [1.54, 1.807) is 3.59 Å². The number of allylic oxidation sites excluding steroid dienone is 1. The summed E-state index contributed by atoms with van der Waals surface area (Å²) in [6, 6.07) is 0. The van der Waals surface area contributed by atoms with E-state index in [4.69, 9.17) is 5.11 Å². The van der Waals surface area contributed by atoms with Crippen molar-refractivity contribution in [2.24, 2.45) is 0 Å². The Balaban J connectivity index is 4.79. The number of hydrogen-bond acceptors (Lipinski definition) is 1. The van der Waals surface area contributed by atoms with Crippen LogP contribution in [0.1, 0.15) is 72.1 Å². The van der Waals surface area contributed by atoms with Crippen molar-refractivity contribution in [1.82, 2.24) is 0 Å². The zero-order valence-corrected chi connectivity index (χ0v) is 16.5. The second-order valence-corrected chi connectivity index (χ2v) is 19.6. The number of rotatable bonds is 13. The Bertz CT molecular complexity index is 204. The van der Waals surface area contributed by atoms with Gasteiger partial charge in [0.05, 0.1) is 0 Å². The first-order chi connectivity index (χ1) is 9.16. The fourth-order valence-electron chi connectivity index (χ4n) is 3.01. The molecule has 0 saturated carbocycles. The Morgan fingerprint density at radius 2 is 1.26 bits per heavy atom. The third-order valence-corrected chi connectivity index (χ3v) is 20.6. The fraction of sp³-hybridized carbons (Fsp3) is 0.882. The molecule has 0 amide bonds. The van der Waals surface area contributed by atoms with Gasteiger partial charge in [-0.25, -0.2) is 0 Å². The molecular formula is C17H36OSn. The fourth-order valence-corrected chi connectivity index (χ4v) is 19.0. The first kappa shape index (κ1) is 19.5. The molecule has 114 valence electrons. The molecule has 0 aliphatic rings. The second-order valence-electron chi connectivity index (χ2n) is 6.02. The Hall–Kier alpha value is 0.499. The predicted octanol–water partition coefficient (Wildman–Crippen LogP) is 5.70. The first-order valence-corrected chi connectivity index (χ1v) is 15.9. The van der Waals surface area contributed by atoms with Crippen molar-refractivity contribution in [1.29, 1.82) is 0 Å². The number of aliphatic hydroxyl groups excluding tert-OH is 1. The minimum absolute atomic E-state index is 0.330. The molecule has 0 aliphatic heterocycles. The Kier molecular flexibility index (Phi) is 12.6. The predicted molar refractivity (Wildman–Crippen MR) is 90.4 cm³/mol. The molecule has 0 bridgehead atoms. The van der Waals surface area contributed by atoms with Crippen LogP contribution in [0.2, 0.25) is 13.3 Å². The molecule has 1 N–H and O–H groups in total. The van der Waals surface area contributed by atoms with Crippen LogP contribution in [0.5, 0.6) is 0 Å². The molecule has 0 fully saturated rings. The quantitative estimate of drug-likeness (QED) is 0.409. The zero-order chi connectivity index (χ0) is 14.6. The van der Waals surface area contributed by atoms with Gasteiger partial charge in [0.1, 0.15) is 0 Å². The van der Waals surface area contributed by atoms with Crippen molar-refractivity contribution in [3.63, 3.8) is 0 Å². The Morgan fingerprint density at radius 1 is 0.842 bits per heavy atom. The van der Waals surface area contributed by atoms with E-state index in [1.807, 2.05) is 0 Å². The molecule has 0 aliphatic carbocycles. The summed E-state index contributed by atoms with van der Waals surface area (Å²) in [7, 11) is 0. The SMILES string of the molecule is C=[C](CCCO)[Sn]([CH2]CCC)([CH2]CCC)[CH2]CCC. The van der Waals surface area contributed by atoms with E-state index in [1.165, 1.54) is 51.8 Å². The van der Waals surface area contributed by atoms with Crippen LogP contribution in [-0.4, -0.2) is 30.1 Å².